The van der Waals surface area contributed by atoms with Crippen molar-refractivity contribution in [3.63, 3.8) is 0 Å². The van der Waals surface area contributed by atoms with Gasteiger partial charge in [-0.05, 0) is 53.3 Å². The van der Waals surface area contributed by atoms with Crippen LogP contribution in [0.25, 0.3) is 0 Å². The number of anilines is 1. The van der Waals surface area contributed by atoms with Gasteiger partial charge in [-0.25, -0.2) is 9.67 Å². The lowest BCUT2D eigenvalue weighted by atomic mass is 9.95. The second-order valence-electron chi connectivity index (χ2n) is 10.9. The van der Waals surface area contributed by atoms with Gasteiger partial charge in [0.2, 0.25) is 5.91 Å². The fourth-order valence-electron chi connectivity index (χ4n) is 5.88. The highest BCUT2D eigenvalue weighted by atomic mass is 35.5. The van der Waals surface area contributed by atoms with Crippen LogP contribution in [-0.4, -0.2) is 70.4 Å². The molecule has 2 N–H and O–H groups in total. The third-order valence-electron chi connectivity index (χ3n) is 8.15. The molecular weight excluding hydrogens is 534 g/mol. The van der Waals surface area contributed by atoms with E-state index in [1.165, 1.54) is 22.4 Å². The summed E-state index contributed by atoms with van der Waals surface area (Å²) in [6.07, 6.45) is 4.88. The van der Waals surface area contributed by atoms with E-state index < -0.39 is 0 Å². The van der Waals surface area contributed by atoms with E-state index in [0.29, 0.717) is 31.1 Å². The molecular formula is C32H36ClN7O. The van der Waals surface area contributed by atoms with Gasteiger partial charge in [0, 0.05) is 56.0 Å². The van der Waals surface area contributed by atoms with Gasteiger partial charge in [0.1, 0.15) is 12.7 Å². The van der Waals surface area contributed by atoms with Crippen molar-refractivity contribution in [3.05, 3.63) is 113 Å². The Bertz CT molecular complexity index is 1430. The fraction of sp³-hybridized carbons (Fsp3) is 0.344. The zero-order chi connectivity index (χ0) is 28.0. The number of amides is 1. The van der Waals surface area contributed by atoms with E-state index in [9.17, 15) is 4.79 Å². The number of carbonyl (C=O) groups excluding carboxylic acids is 1. The maximum Gasteiger partial charge on any atom is 0.240 e. The average Bonchev–Trinajstić information content (AvgIpc) is 3.53. The standard InChI is InChI=1S/C32H36ClN7O/c33-28-11-9-24(10-12-28)17-30(36-20-29-18-25-5-1-2-6-26(25)19-35-29)32(41)39-15-13-38(14-16-39)31-8-4-3-7-27(31)21-40-23-34-22-37-40/h1-12,22-23,29-30,35-36H,13-21H2/t29-,30-/m1/s1. The minimum absolute atomic E-state index is 0.159. The molecule has 2 aliphatic rings. The summed E-state index contributed by atoms with van der Waals surface area (Å²) in [5, 5.41) is 12.3. The molecule has 1 fully saturated rings. The molecule has 0 unspecified atom stereocenters. The topological polar surface area (TPSA) is 78.3 Å². The summed E-state index contributed by atoms with van der Waals surface area (Å²) in [5.74, 6) is 0.159. The first-order valence-electron chi connectivity index (χ1n) is 14.3. The summed E-state index contributed by atoms with van der Waals surface area (Å²) in [6.45, 7) is 5.20. The Morgan fingerprint density at radius 2 is 1.73 bits per heavy atom. The first kappa shape index (κ1) is 27.4. The smallest absolute Gasteiger partial charge is 0.240 e. The minimum Gasteiger partial charge on any atom is -0.368 e. The Morgan fingerprint density at radius 3 is 2.51 bits per heavy atom. The minimum atomic E-state index is -0.304. The lowest BCUT2D eigenvalue weighted by molar-refractivity contribution is -0.133. The van der Waals surface area contributed by atoms with Crippen LogP contribution < -0.4 is 15.5 Å². The highest BCUT2D eigenvalue weighted by molar-refractivity contribution is 6.30. The molecule has 0 bridgehead atoms. The second-order valence-corrected chi connectivity index (χ2v) is 11.3. The molecule has 2 aliphatic heterocycles. The van der Waals surface area contributed by atoms with Crippen molar-refractivity contribution in [2.45, 2.75) is 38.0 Å². The van der Waals surface area contributed by atoms with Crippen molar-refractivity contribution in [1.82, 2.24) is 30.3 Å². The first-order valence-corrected chi connectivity index (χ1v) is 14.7. The van der Waals surface area contributed by atoms with Crippen molar-refractivity contribution in [2.24, 2.45) is 0 Å². The van der Waals surface area contributed by atoms with Crippen LogP contribution in [-0.2, 0) is 30.7 Å². The molecule has 1 saturated heterocycles. The number of rotatable bonds is 9. The highest BCUT2D eigenvalue weighted by Gasteiger charge is 2.29. The van der Waals surface area contributed by atoms with Gasteiger partial charge in [-0.3, -0.25) is 4.79 Å². The lowest BCUT2D eigenvalue weighted by Gasteiger charge is -2.38. The van der Waals surface area contributed by atoms with Crippen molar-refractivity contribution in [1.29, 1.82) is 0 Å². The molecule has 212 valence electrons. The summed E-state index contributed by atoms with van der Waals surface area (Å²) < 4.78 is 1.84. The Balaban J connectivity index is 1.11. The molecule has 6 rings (SSSR count). The van der Waals surface area contributed by atoms with E-state index in [4.69, 9.17) is 11.6 Å². The van der Waals surface area contributed by atoms with Crippen LogP contribution in [0.5, 0.6) is 0 Å². The average molecular weight is 570 g/mol. The number of carbonyl (C=O) groups is 1. The molecule has 1 aromatic heterocycles. The summed E-state index contributed by atoms with van der Waals surface area (Å²) >= 11 is 6.14. The third kappa shape index (κ3) is 6.78. The molecule has 0 spiro atoms. The van der Waals surface area contributed by atoms with Gasteiger partial charge in [0.15, 0.2) is 0 Å². The zero-order valence-electron chi connectivity index (χ0n) is 23.1. The summed E-state index contributed by atoms with van der Waals surface area (Å²) in [4.78, 5) is 22.4. The number of benzene rings is 3. The number of piperazine rings is 1. The molecule has 4 aromatic rings. The predicted octanol–water partition coefficient (Wildman–Crippen LogP) is 3.54. The van der Waals surface area contributed by atoms with Gasteiger partial charge in [-0.1, -0.05) is 66.2 Å². The monoisotopic (exact) mass is 569 g/mol. The number of halogens is 1. The number of aromatic nitrogens is 3. The van der Waals surface area contributed by atoms with E-state index in [-0.39, 0.29) is 18.0 Å². The van der Waals surface area contributed by atoms with Crippen molar-refractivity contribution >= 4 is 23.2 Å². The normalized spacial score (nSPS) is 17.7. The van der Waals surface area contributed by atoms with Crippen LogP contribution in [0.1, 0.15) is 22.3 Å². The molecule has 1 amide bonds. The molecule has 0 radical (unpaired) electrons. The van der Waals surface area contributed by atoms with Crippen LogP contribution in [0.4, 0.5) is 5.69 Å². The van der Waals surface area contributed by atoms with Crippen LogP contribution in [0.15, 0.2) is 85.5 Å². The van der Waals surface area contributed by atoms with E-state index in [1.807, 2.05) is 33.8 Å². The van der Waals surface area contributed by atoms with Crippen molar-refractivity contribution in [2.75, 3.05) is 37.6 Å². The van der Waals surface area contributed by atoms with Crippen LogP contribution >= 0.6 is 11.6 Å². The number of nitrogens with zero attached hydrogens (tertiary/aromatic N) is 5. The third-order valence-corrected chi connectivity index (χ3v) is 8.40. The highest BCUT2D eigenvalue weighted by Crippen LogP contribution is 2.23. The number of para-hydroxylation sites is 1. The van der Waals surface area contributed by atoms with Gasteiger partial charge in [-0.2, -0.15) is 5.10 Å². The molecule has 41 heavy (non-hydrogen) atoms. The van der Waals surface area contributed by atoms with Gasteiger partial charge < -0.3 is 20.4 Å². The summed E-state index contributed by atoms with van der Waals surface area (Å²) in [6, 6.07) is 24.8. The van der Waals surface area contributed by atoms with Crippen LogP contribution in [0.2, 0.25) is 5.02 Å². The van der Waals surface area contributed by atoms with E-state index >= 15 is 0 Å². The van der Waals surface area contributed by atoms with Gasteiger partial charge in [-0.15, -0.1) is 0 Å². The number of hydrogen-bond donors (Lipinski definition) is 2. The Labute approximate surface area is 246 Å². The van der Waals surface area contributed by atoms with Gasteiger partial charge >= 0.3 is 0 Å². The Hall–Kier alpha value is -3.72. The second kappa shape index (κ2) is 12.9. The molecule has 0 aliphatic carbocycles. The van der Waals surface area contributed by atoms with Gasteiger partial charge in [0.25, 0.3) is 0 Å². The maximum absolute atomic E-state index is 13.9. The largest absolute Gasteiger partial charge is 0.368 e. The molecule has 8 nitrogen and oxygen atoms in total. The Morgan fingerprint density at radius 1 is 0.976 bits per heavy atom. The van der Waals surface area contributed by atoms with E-state index in [1.54, 1.807) is 12.7 Å². The summed E-state index contributed by atoms with van der Waals surface area (Å²) in [7, 11) is 0. The van der Waals surface area contributed by atoms with Crippen LogP contribution in [0.3, 0.4) is 0 Å². The lowest BCUT2D eigenvalue weighted by Crippen LogP contribution is -2.56. The van der Waals surface area contributed by atoms with Crippen LogP contribution in [0, 0.1) is 0 Å². The predicted molar refractivity (Wildman–Crippen MR) is 162 cm³/mol. The fourth-order valence-corrected chi connectivity index (χ4v) is 6.01. The van der Waals surface area contributed by atoms with Crippen molar-refractivity contribution in [3.8, 4) is 0 Å². The SMILES string of the molecule is O=C([C@@H](Cc1ccc(Cl)cc1)NC[C@H]1Cc2ccccc2CN1)N1CCN(c2ccccc2Cn2cncn2)CC1. The first-order chi connectivity index (χ1) is 20.1. The quantitative estimate of drug-likeness (QED) is 0.321. The number of fused-ring (bicyclic) bond motifs is 1. The maximum atomic E-state index is 13.9. The van der Waals surface area contributed by atoms with E-state index in [2.05, 4.69) is 74.1 Å². The number of nitrogens with one attached hydrogen (secondary N) is 2. The number of hydrogen-bond acceptors (Lipinski definition) is 6. The Kier molecular flexibility index (Phi) is 8.60. The van der Waals surface area contributed by atoms with E-state index in [0.717, 1.165) is 38.2 Å². The molecule has 3 aromatic carbocycles. The molecule has 3 heterocycles. The molecule has 2 atom stereocenters. The van der Waals surface area contributed by atoms with Crippen molar-refractivity contribution < 1.29 is 4.79 Å². The molecule has 0 saturated carbocycles. The zero-order valence-corrected chi connectivity index (χ0v) is 23.9. The molecule has 9 heteroatoms. The summed E-state index contributed by atoms with van der Waals surface area (Å²) in [5.41, 5.74) is 6.23. The van der Waals surface area contributed by atoms with Gasteiger partial charge in [0.05, 0.1) is 12.6 Å².